The second-order valence-electron chi connectivity index (χ2n) is 6.93. The van der Waals surface area contributed by atoms with Gasteiger partial charge in [0.1, 0.15) is 22.8 Å². The Labute approximate surface area is 187 Å². The number of rotatable bonds is 5. The number of pyridine rings is 1. The van der Waals surface area contributed by atoms with Gasteiger partial charge < -0.3 is 5.32 Å². The number of nitrogens with one attached hydrogen (secondary N) is 1. The average molecular weight is 447 g/mol. The van der Waals surface area contributed by atoms with Gasteiger partial charge in [-0.15, -0.1) is 11.3 Å². The molecule has 5 rings (SSSR count). The van der Waals surface area contributed by atoms with Crippen LogP contribution in [0.5, 0.6) is 0 Å². The van der Waals surface area contributed by atoms with Crippen molar-refractivity contribution < 1.29 is 4.39 Å². The Kier molecular flexibility index (Phi) is 5.32. The van der Waals surface area contributed by atoms with E-state index in [4.69, 9.17) is 11.6 Å². The third kappa shape index (κ3) is 4.00. The molecule has 5 aromatic rings. The molecule has 152 valence electrons. The molecule has 0 aliphatic rings. The zero-order valence-corrected chi connectivity index (χ0v) is 17.8. The summed E-state index contributed by atoms with van der Waals surface area (Å²) in [7, 11) is 0. The number of benzene rings is 2. The Morgan fingerprint density at radius 2 is 1.61 bits per heavy atom. The lowest BCUT2D eigenvalue weighted by atomic mass is 10.00. The van der Waals surface area contributed by atoms with Crippen molar-refractivity contribution >= 4 is 39.0 Å². The predicted molar refractivity (Wildman–Crippen MR) is 125 cm³/mol. The third-order valence-electron chi connectivity index (χ3n) is 4.94. The van der Waals surface area contributed by atoms with Crippen LogP contribution in [0.2, 0.25) is 5.02 Å². The van der Waals surface area contributed by atoms with Crippen LogP contribution in [0.1, 0.15) is 5.56 Å². The van der Waals surface area contributed by atoms with Gasteiger partial charge in [0.2, 0.25) is 0 Å². The Morgan fingerprint density at radius 1 is 0.871 bits per heavy atom. The summed E-state index contributed by atoms with van der Waals surface area (Å²) in [5.74, 6) is 0.460. The summed E-state index contributed by atoms with van der Waals surface area (Å²) < 4.78 is 13.6. The molecule has 31 heavy (non-hydrogen) atoms. The van der Waals surface area contributed by atoms with E-state index in [0.717, 1.165) is 43.2 Å². The molecule has 0 aliphatic heterocycles. The Balaban J connectivity index is 1.66. The van der Waals surface area contributed by atoms with E-state index in [0.29, 0.717) is 11.6 Å². The van der Waals surface area contributed by atoms with Gasteiger partial charge in [0.05, 0.1) is 5.39 Å². The first-order valence-electron chi connectivity index (χ1n) is 9.61. The van der Waals surface area contributed by atoms with Crippen LogP contribution in [0.3, 0.4) is 0 Å². The highest BCUT2D eigenvalue weighted by Crippen LogP contribution is 2.46. The molecule has 0 atom stereocenters. The van der Waals surface area contributed by atoms with Crippen molar-refractivity contribution in [3.63, 3.8) is 0 Å². The molecule has 7 heteroatoms. The Hall–Kier alpha value is -3.35. The molecule has 1 N–H and O–H groups in total. The molecule has 0 fully saturated rings. The maximum atomic E-state index is 13.6. The zero-order chi connectivity index (χ0) is 21.2. The number of hydrogen-bond acceptors (Lipinski definition) is 5. The molecular formula is C24H16ClFN4S. The zero-order valence-electron chi connectivity index (χ0n) is 16.2. The molecule has 2 aromatic carbocycles. The monoisotopic (exact) mass is 446 g/mol. The summed E-state index contributed by atoms with van der Waals surface area (Å²) in [6, 6.07) is 18.1. The molecule has 0 saturated carbocycles. The Bertz CT molecular complexity index is 1340. The van der Waals surface area contributed by atoms with E-state index < -0.39 is 0 Å². The molecule has 0 radical (unpaired) electrons. The second-order valence-corrected chi connectivity index (χ2v) is 8.37. The summed E-state index contributed by atoms with van der Waals surface area (Å²) >= 11 is 7.58. The molecule has 0 spiro atoms. The number of anilines is 1. The molecule has 3 aromatic heterocycles. The van der Waals surface area contributed by atoms with Gasteiger partial charge in [-0.3, -0.25) is 4.98 Å². The predicted octanol–water partition coefficient (Wildman–Crippen LogP) is 6.82. The lowest BCUT2D eigenvalue weighted by molar-refractivity contribution is 0.628. The lowest BCUT2D eigenvalue weighted by Gasteiger charge is -2.10. The van der Waals surface area contributed by atoms with E-state index in [1.165, 1.54) is 12.1 Å². The van der Waals surface area contributed by atoms with Crippen LogP contribution < -0.4 is 5.32 Å². The van der Waals surface area contributed by atoms with Crippen molar-refractivity contribution in [1.29, 1.82) is 0 Å². The molecule has 0 amide bonds. The number of aromatic nitrogens is 3. The van der Waals surface area contributed by atoms with E-state index in [1.54, 1.807) is 42.2 Å². The number of fused-ring (bicyclic) bond motifs is 1. The van der Waals surface area contributed by atoms with E-state index >= 15 is 0 Å². The fourth-order valence-electron chi connectivity index (χ4n) is 3.45. The molecule has 0 unspecified atom stereocenters. The second kappa shape index (κ2) is 8.41. The van der Waals surface area contributed by atoms with E-state index in [9.17, 15) is 4.39 Å². The first kappa shape index (κ1) is 19.6. The number of thiophene rings is 1. The first-order chi connectivity index (χ1) is 15.2. The molecule has 0 saturated heterocycles. The maximum absolute atomic E-state index is 13.6. The number of halogens is 2. The summed E-state index contributed by atoms with van der Waals surface area (Å²) in [5, 5.41) is 5.05. The normalized spacial score (nSPS) is 11.0. The first-order valence-corrected chi connectivity index (χ1v) is 10.8. The van der Waals surface area contributed by atoms with Crippen LogP contribution in [0.15, 0.2) is 79.4 Å². The van der Waals surface area contributed by atoms with Crippen LogP contribution >= 0.6 is 22.9 Å². The van der Waals surface area contributed by atoms with Crippen molar-refractivity contribution in [3.05, 3.63) is 95.8 Å². The highest BCUT2D eigenvalue weighted by Gasteiger charge is 2.20. The fraction of sp³-hybridized carbons (Fsp3) is 0.0417. The SMILES string of the molecule is Fc1ccc(-c2c(-c3ccncc3)sc3ncnc(NCc4ccc(Cl)cc4)c23)cc1. The van der Waals surface area contributed by atoms with Gasteiger partial charge >= 0.3 is 0 Å². The van der Waals surface area contributed by atoms with E-state index in [-0.39, 0.29) is 5.82 Å². The average Bonchev–Trinajstić information content (AvgIpc) is 3.20. The fourth-order valence-corrected chi connectivity index (χ4v) is 4.75. The number of nitrogens with zero attached hydrogens (tertiary/aromatic N) is 3. The van der Waals surface area contributed by atoms with Crippen molar-refractivity contribution in [1.82, 2.24) is 15.0 Å². The highest BCUT2D eigenvalue weighted by atomic mass is 35.5. The van der Waals surface area contributed by atoms with Crippen LogP contribution in [-0.4, -0.2) is 15.0 Å². The highest BCUT2D eigenvalue weighted by molar-refractivity contribution is 7.22. The van der Waals surface area contributed by atoms with Gasteiger partial charge in [-0.2, -0.15) is 0 Å². The summed E-state index contributed by atoms with van der Waals surface area (Å²) in [6.45, 7) is 0.590. The van der Waals surface area contributed by atoms with Crippen LogP contribution in [0.4, 0.5) is 10.2 Å². The van der Waals surface area contributed by atoms with Gasteiger partial charge in [0, 0.05) is 34.4 Å². The largest absolute Gasteiger partial charge is 0.365 e. The van der Waals surface area contributed by atoms with E-state index in [1.807, 2.05) is 36.4 Å². The summed E-state index contributed by atoms with van der Waals surface area (Å²) in [6.07, 6.45) is 5.09. The molecule has 4 nitrogen and oxygen atoms in total. The number of hydrogen-bond donors (Lipinski definition) is 1. The standard InChI is InChI=1S/C24H16ClFN4S/c25-18-5-1-15(2-6-18)13-28-23-21-20(16-3-7-19(26)8-4-16)22(17-9-11-27-12-10-17)31-24(21)30-14-29-23/h1-12,14H,13H2,(H,28,29,30). The maximum Gasteiger partial charge on any atom is 0.139 e. The van der Waals surface area contributed by atoms with Crippen molar-refractivity contribution in [2.75, 3.05) is 5.32 Å². The van der Waals surface area contributed by atoms with Gasteiger partial charge in [-0.05, 0) is 53.1 Å². The summed E-state index contributed by atoms with van der Waals surface area (Å²) in [4.78, 5) is 15.1. The smallest absolute Gasteiger partial charge is 0.139 e. The summed E-state index contributed by atoms with van der Waals surface area (Å²) in [5.41, 5.74) is 4.00. The molecule has 3 heterocycles. The molecule has 0 aliphatic carbocycles. The third-order valence-corrected chi connectivity index (χ3v) is 6.34. The van der Waals surface area contributed by atoms with Crippen LogP contribution in [0.25, 0.3) is 31.8 Å². The molecule has 0 bridgehead atoms. The van der Waals surface area contributed by atoms with Crippen molar-refractivity contribution in [2.24, 2.45) is 0 Å². The minimum absolute atomic E-state index is 0.272. The molecular weight excluding hydrogens is 431 g/mol. The van der Waals surface area contributed by atoms with Gasteiger partial charge in [-0.25, -0.2) is 14.4 Å². The van der Waals surface area contributed by atoms with Crippen molar-refractivity contribution in [3.8, 4) is 21.6 Å². The minimum atomic E-state index is -0.272. The topological polar surface area (TPSA) is 50.7 Å². The van der Waals surface area contributed by atoms with Crippen LogP contribution in [-0.2, 0) is 6.54 Å². The van der Waals surface area contributed by atoms with Crippen LogP contribution in [0, 0.1) is 5.82 Å². The van der Waals surface area contributed by atoms with Gasteiger partial charge in [0.25, 0.3) is 0 Å². The van der Waals surface area contributed by atoms with E-state index in [2.05, 4.69) is 20.3 Å². The lowest BCUT2D eigenvalue weighted by Crippen LogP contribution is -2.02. The van der Waals surface area contributed by atoms with Gasteiger partial charge in [0.15, 0.2) is 0 Å². The van der Waals surface area contributed by atoms with Crippen molar-refractivity contribution in [2.45, 2.75) is 6.54 Å². The van der Waals surface area contributed by atoms with Gasteiger partial charge in [-0.1, -0.05) is 35.9 Å². The minimum Gasteiger partial charge on any atom is -0.365 e. The quantitative estimate of drug-likeness (QED) is 0.321. The Morgan fingerprint density at radius 3 is 2.35 bits per heavy atom.